The minimum atomic E-state index is 0.00237. The molecule has 0 radical (unpaired) electrons. The van der Waals surface area contributed by atoms with Gasteiger partial charge < -0.3 is 19.5 Å². The molecule has 0 atom stereocenters. The monoisotopic (exact) mass is 361 g/mol. The summed E-state index contributed by atoms with van der Waals surface area (Å²) in [6.45, 7) is 7.93. The van der Waals surface area contributed by atoms with Crippen LogP contribution < -0.4 is 10.2 Å². The van der Waals surface area contributed by atoms with Crippen molar-refractivity contribution in [3.63, 3.8) is 0 Å². The van der Waals surface area contributed by atoms with Crippen LogP contribution in [0.5, 0.6) is 0 Å². The van der Waals surface area contributed by atoms with Gasteiger partial charge in [0.25, 0.3) is 5.91 Å². The van der Waals surface area contributed by atoms with Crippen LogP contribution in [-0.4, -0.2) is 43.8 Å². The van der Waals surface area contributed by atoms with E-state index in [1.807, 2.05) is 18.4 Å². The number of anilines is 1. The summed E-state index contributed by atoms with van der Waals surface area (Å²) < 4.78 is 7.19. The highest BCUT2D eigenvalue weighted by Crippen LogP contribution is 2.26. The number of nitriles is 1. The molecular formula is C20H33N4O2+. The van der Waals surface area contributed by atoms with Crippen molar-refractivity contribution < 1.29 is 14.4 Å². The summed E-state index contributed by atoms with van der Waals surface area (Å²) in [5.41, 5.74) is 2.56. The molecule has 0 aliphatic carbocycles. The largest absolute Gasteiger partial charge is 0.385 e. The third-order valence-electron chi connectivity index (χ3n) is 5.40. The number of nitrogens with one attached hydrogen (secondary N) is 2. The second-order valence-electron chi connectivity index (χ2n) is 7.29. The second kappa shape index (κ2) is 10.3. The van der Waals surface area contributed by atoms with Gasteiger partial charge in [-0.15, -0.1) is 0 Å². The summed E-state index contributed by atoms with van der Waals surface area (Å²) in [5.74, 6) is 0.651. The molecule has 2 N–H and O–H groups in total. The molecule has 1 aromatic rings. The van der Waals surface area contributed by atoms with E-state index in [2.05, 4.69) is 11.4 Å². The second-order valence-corrected chi connectivity index (χ2v) is 7.29. The molecule has 2 rings (SSSR count). The van der Waals surface area contributed by atoms with Gasteiger partial charge in [0.1, 0.15) is 11.9 Å². The number of rotatable bonds is 7. The number of quaternary nitrogens is 1. The maximum atomic E-state index is 12.7. The van der Waals surface area contributed by atoms with Gasteiger partial charge in [-0.1, -0.05) is 6.42 Å². The number of methoxy groups -OCH3 is 1. The Morgan fingerprint density at radius 2 is 1.88 bits per heavy atom. The van der Waals surface area contributed by atoms with Gasteiger partial charge in [-0.2, -0.15) is 5.26 Å². The first-order valence-electron chi connectivity index (χ1n) is 9.80. The zero-order valence-corrected chi connectivity index (χ0v) is 16.5. The Balaban J connectivity index is 2.09. The summed E-state index contributed by atoms with van der Waals surface area (Å²) in [4.78, 5) is 14.0. The van der Waals surface area contributed by atoms with E-state index in [9.17, 15) is 10.1 Å². The molecular weight excluding hydrogens is 328 g/mol. The number of hydrogen-bond acceptors (Lipinski definition) is 3. The number of nitrogens with zero attached hydrogens (tertiary/aromatic N) is 2. The molecule has 6 nitrogen and oxygen atoms in total. The summed E-state index contributed by atoms with van der Waals surface area (Å²) in [7, 11) is 1.68. The topological polar surface area (TPSA) is 71.5 Å². The normalized spacial score (nSPS) is 15.9. The SMILES string of the molecule is COCCCn1c(C)c(C)c(C#N)c1NC(=O)C[NH+]1CCCCCCC1. The first-order valence-corrected chi connectivity index (χ1v) is 9.80. The van der Waals surface area contributed by atoms with E-state index in [0.29, 0.717) is 24.5 Å². The molecule has 0 saturated carbocycles. The molecule has 1 aliphatic heterocycles. The lowest BCUT2D eigenvalue weighted by Gasteiger charge is -2.21. The van der Waals surface area contributed by atoms with Gasteiger partial charge in [0.2, 0.25) is 0 Å². The van der Waals surface area contributed by atoms with Crippen LogP contribution in [0.1, 0.15) is 55.3 Å². The fourth-order valence-electron chi connectivity index (χ4n) is 3.76. The molecule has 1 aromatic heterocycles. The molecule has 2 heterocycles. The maximum absolute atomic E-state index is 12.7. The quantitative estimate of drug-likeness (QED) is 0.728. The predicted octanol–water partition coefficient (Wildman–Crippen LogP) is 1.80. The Hall–Kier alpha value is -1.84. The van der Waals surface area contributed by atoms with Crippen molar-refractivity contribution in [1.29, 1.82) is 5.26 Å². The number of amides is 1. The molecule has 26 heavy (non-hydrogen) atoms. The van der Waals surface area contributed by atoms with Crippen LogP contribution in [0.15, 0.2) is 0 Å². The molecule has 144 valence electrons. The van der Waals surface area contributed by atoms with Gasteiger partial charge >= 0.3 is 0 Å². The fourth-order valence-corrected chi connectivity index (χ4v) is 3.76. The number of likely N-dealkylation sites (tertiary alicyclic amines) is 1. The van der Waals surface area contributed by atoms with Gasteiger partial charge in [-0.25, -0.2) is 0 Å². The van der Waals surface area contributed by atoms with Crippen molar-refractivity contribution in [2.45, 2.75) is 58.9 Å². The number of carbonyl (C=O) groups is 1. The predicted molar refractivity (Wildman–Crippen MR) is 102 cm³/mol. The average Bonchev–Trinajstić information content (AvgIpc) is 2.81. The van der Waals surface area contributed by atoms with E-state index < -0.39 is 0 Å². The molecule has 0 unspecified atom stereocenters. The Morgan fingerprint density at radius 1 is 1.23 bits per heavy atom. The standard InChI is InChI=1S/C20H32N4O2/c1-16-17(2)24(12-9-13-26-3)20(18(16)14-21)22-19(25)15-23-10-7-5-4-6-8-11-23/h4-13,15H2,1-3H3,(H,22,25)/p+1. The van der Waals surface area contributed by atoms with Gasteiger partial charge in [0.15, 0.2) is 6.54 Å². The maximum Gasteiger partial charge on any atom is 0.280 e. The molecule has 6 heteroatoms. The van der Waals surface area contributed by atoms with Crippen LogP contribution in [0, 0.1) is 25.2 Å². The van der Waals surface area contributed by atoms with E-state index in [1.165, 1.54) is 37.0 Å². The lowest BCUT2D eigenvalue weighted by Crippen LogP contribution is -3.13. The zero-order chi connectivity index (χ0) is 18.9. The molecule has 1 fully saturated rings. The van der Waals surface area contributed by atoms with Crippen LogP contribution in [0.25, 0.3) is 0 Å². The molecule has 0 spiro atoms. The van der Waals surface area contributed by atoms with Gasteiger partial charge in [-0.05, 0) is 51.5 Å². The van der Waals surface area contributed by atoms with E-state index in [1.54, 1.807) is 7.11 Å². The number of hydrogen-bond donors (Lipinski definition) is 2. The Morgan fingerprint density at radius 3 is 2.50 bits per heavy atom. The molecule has 0 aromatic carbocycles. The fraction of sp³-hybridized carbons (Fsp3) is 0.700. The minimum absolute atomic E-state index is 0.00237. The first-order chi connectivity index (χ1) is 12.6. The van der Waals surface area contributed by atoms with Crippen molar-refractivity contribution in [2.75, 3.05) is 38.7 Å². The van der Waals surface area contributed by atoms with E-state index in [4.69, 9.17) is 4.74 Å². The molecule has 1 aliphatic rings. The van der Waals surface area contributed by atoms with E-state index in [0.717, 1.165) is 37.3 Å². The number of aromatic nitrogens is 1. The van der Waals surface area contributed by atoms with Crippen LogP contribution >= 0.6 is 0 Å². The van der Waals surface area contributed by atoms with Crippen molar-refractivity contribution in [3.05, 3.63) is 16.8 Å². The third kappa shape index (κ3) is 5.33. The van der Waals surface area contributed by atoms with E-state index in [-0.39, 0.29) is 5.91 Å². The minimum Gasteiger partial charge on any atom is -0.385 e. The van der Waals surface area contributed by atoms with Crippen molar-refractivity contribution >= 4 is 11.7 Å². The Kier molecular flexibility index (Phi) is 8.14. The highest BCUT2D eigenvalue weighted by molar-refractivity contribution is 5.92. The summed E-state index contributed by atoms with van der Waals surface area (Å²) in [6, 6.07) is 2.27. The van der Waals surface area contributed by atoms with Gasteiger partial charge in [0.05, 0.1) is 18.7 Å². The van der Waals surface area contributed by atoms with Crippen molar-refractivity contribution in [3.8, 4) is 6.07 Å². The van der Waals surface area contributed by atoms with Crippen LogP contribution in [0.2, 0.25) is 0 Å². The molecule has 0 bridgehead atoms. The Bertz CT molecular complexity index is 637. The highest BCUT2D eigenvalue weighted by atomic mass is 16.5. The first kappa shape index (κ1) is 20.5. The van der Waals surface area contributed by atoms with Gasteiger partial charge in [-0.3, -0.25) is 4.79 Å². The molecule has 1 amide bonds. The average molecular weight is 362 g/mol. The third-order valence-corrected chi connectivity index (χ3v) is 5.40. The zero-order valence-electron chi connectivity index (χ0n) is 16.5. The van der Waals surface area contributed by atoms with E-state index >= 15 is 0 Å². The lowest BCUT2D eigenvalue weighted by atomic mass is 10.1. The Labute approximate surface area is 157 Å². The van der Waals surface area contributed by atoms with Gasteiger partial charge in [0, 0.05) is 26.0 Å². The van der Waals surface area contributed by atoms with Crippen LogP contribution in [0.4, 0.5) is 5.82 Å². The summed E-state index contributed by atoms with van der Waals surface area (Å²) in [5, 5.41) is 12.6. The summed E-state index contributed by atoms with van der Waals surface area (Å²) >= 11 is 0. The van der Waals surface area contributed by atoms with Crippen molar-refractivity contribution in [2.24, 2.45) is 0 Å². The van der Waals surface area contributed by atoms with Crippen LogP contribution in [-0.2, 0) is 16.1 Å². The molecule has 1 saturated heterocycles. The number of carbonyl (C=O) groups excluding carboxylic acids is 1. The van der Waals surface area contributed by atoms with Crippen molar-refractivity contribution in [1.82, 2.24) is 4.57 Å². The summed E-state index contributed by atoms with van der Waals surface area (Å²) in [6.07, 6.45) is 7.08. The number of ether oxygens (including phenoxy) is 1. The lowest BCUT2D eigenvalue weighted by molar-refractivity contribution is -0.892. The van der Waals surface area contributed by atoms with Crippen LogP contribution in [0.3, 0.4) is 0 Å². The smallest absolute Gasteiger partial charge is 0.280 e. The highest BCUT2D eigenvalue weighted by Gasteiger charge is 2.22.